The molecule has 1 atom stereocenters. The van der Waals surface area contributed by atoms with Gasteiger partial charge in [-0.3, -0.25) is 4.21 Å². The van der Waals surface area contributed by atoms with Crippen molar-refractivity contribution in [3.8, 4) is 0 Å². The highest BCUT2D eigenvalue weighted by Crippen LogP contribution is 2.39. The summed E-state index contributed by atoms with van der Waals surface area (Å²) in [6, 6.07) is 13.3. The van der Waals surface area contributed by atoms with Gasteiger partial charge in [0.05, 0.1) is 30.8 Å². The van der Waals surface area contributed by atoms with Crippen LogP contribution in [-0.2, 0) is 10.8 Å². The zero-order chi connectivity index (χ0) is 18.4. The van der Waals surface area contributed by atoms with Crippen LogP contribution in [0.25, 0.3) is 6.08 Å². The summed E-state index contributed by atoms with van der Waals surface area (Å²) < 4.78 is 12.7. The van der Waals surface area contributed by atoms with E-state index in [0.717, 1.165) is 21.2 Å². The number of anilines is 2. The quantitative estimate of drug-likeness (QED) is 0.494. The number of halogens is 2. The van der Waals surface area contributed by atoms with Gasteiger partial charge in [-0.25, -0.2) is 0 Å². The number of hydrogen-bond donors (Lipinski definition) is 0. The maximum atomic E-state index is 11.9. The fraction of sp³-hybridized carbons (Fsp3) is 0.158. The molecule has 2 aromatic rings. The molecule has 0 fully saturated rings. The summed E-state index contributed by atoms with van der Waals surface area (Å²) >= 11 is 14.3. The summed E-state index contributed by atoms with van der Waals surface area (Å²) in [5.74, 6) is 0. The van der Waals surface area contributed by atoms with Crippen LogP contribution in [0.1, 0.15) is 5.56 Å². The Kier molecular flexibility index (Phi) is 7.63. The Morgan fingerprint density at radius 2 is 1.84 bits per heavy atom. The summed E-state index contributed by atoms with van der Waals surface area (Å²) in [6.07, 6.45) is 7.34. The lowest BCUT2D eigenvalue weighted by molar-refractivity contribution is 0.691. The number of rotatable bonds is 7. The molecule has 25 heavy (non-hydrogen) atoms. The van der Waals surface area contributed by atoms with E-state index in [1.807, 2.05) is 59.7 Å². The van der Waals surface area contributed by atoms with Crippen molar-refractivity contribution < 1.29 is 4.21 Å². The molecule has 2 rings (SSSR count). The van der Waals surface area contributed by atoms with Gasteiger partial charge in [-0.05, 0) is 36.1 Å². The molecular weight excluding hydrogens is 393 g/mol. The van der Waals surface area contributed by atoms with E-state index >= 15 is 0 Å². The third-order valence-electron chi connectivity index (χ3n) is 3.50. The molecule has 0 aliphatic carbocycles. The fourth-order valence-electron chi connectivity index (χ4n) is 2.43. The normalized spacial score (nSPS) is 12.7. The Bertz CT molecular complexity index is 801. The van der Waals surface area contributed by atoms with Crippen LogP contribution in [0, 0.1) is 0 Å². The molecule has 0 aromatic heterocycles. The SMILES string of the molecule is C=CCN(c1ccccc1/C=C(\SC)S(C)=O)c1c(Cl)cccc1Cl. The Morgan fingerprint density at radius 1 is 1.20 bits per heavy atom. The summed E-state index contributed by atoms with van der Waals surface area (Å²) in [6.45, 7) is 4.39. The molecule has 0 saturated carbocycles. The van der Waals surface area contributed by atoms with Crippen molar-refractivity contribution in [2.75, 3.05) is 24.0 Å². The highest BCUT2D eigenvalue weighted by atomic mass is 35.5. The average Bonchev–Trinajstić information content (AvgIpc) is 2.59. The van der Waals surface area contributed by atoms with Crippen molar-refractivity contribution in [2.24, 2.45) is 0 Å². The summed E-state index contributed by atoms with van der Waals surface area (Å²) in [5, 5.41) is 1.13. The molecule has 2 nitrogen and oxygen atoms in total. The van der Waals surface area contributed by atoms with Crippen molar-refractivity contribution >= 4 is 63.2 Å². The third kappa shape index (κ3) is 4.91. The summed E-state index contributed by atoms with van der Waals surface area (Å²) in [7, 11) is -1.05. The minimum atomic E-state index is -1.05. The van der Waals surface area contributed by atoms with Gasteiger partial charge in [0.15, 0.2) is 0 Å². The maximum Gasteiger partial charge on any atom is 0.0792 e. The van der Waals surface area contributed by atoms with Crippen LogP contribution in [0.15, 0.2) is 59.4 Å². The van der Waals surface area contributed by atoms with Crippen molar-refractivity contribution in [1.82, 2.24) is 0 Å². The van der Waals surface area contributed by atoms with Crippen molar-refractivity contribution in [3.05, 3.63) is 75.0 Å². The Hall–Kier alpha value is -1.20. The number of nitrogens with zero attached hydrogens (tertiary/aromatic N) is 1. The molecule has 0 bridgehead atoms. The van der Waals surface area contributed by atoms with Gasteiger partial charge in [0.1, 0.15) is 0 Å². The molecule has 1 unspecified atom stereocenters. The van der Waals surface area contributed by atoms with Gasteiger partial charge in [0.25, 0.3) is 0 Å². The first-order valence-corrected chi connectivity index (χ1v) is 11.0. The molecule has 0 heterocycles. The van der Waals surface area contributed by atoms with Crippen LogP contribution in [0.3, 0.4) is 0 Å². The van der Waals surface area contributed by atoms with Crippen LogP contribution in [0.2, 0.25) is 10.0 Å². The molecule has 6 heteroatoms. The van der Waals surface area contributed by atoms with Crippen LogP contribution < -0.4 is 4.90 Å². The first-order chi connectivity index (χ1) is 12.0. The third-order valence-corrected chi connectivity index (χ3v) is 6.52. The highest BCUT2D eigenvalue weighted by molar-refractivity contribution is 8.16. The van der Waals surface area contributed by atoms with E-state index in [-0.39, 0.29) is 0 Å². The van der Waals surface area contributed by atoms with Gasteiger partial charge in [0.2, 0.25) is 0 Å². The first kappa shape index (κ1) is 20.1. The van der Waals surface area contributed by atoms with Crippen LogP contribution in [-0.4, -0.2) is 23.3 Å². The van der Waals surface area contributed by atoms with Gasteiger partial charge in [0, 0.05) is 18.5 Å². The minimum Gasteiger partial charge on any atom is -0.335 e. The maximum absolute atomic E-state index is 11.9. The average molecular weight is 412 g/mol. The van der Waals surface area contributed by atoms with Gasteiger partial charge < -0.3 is 4.90 Å². The second kappa shape index (κ2) is 9.48. The van der Waals surface area contributed by atoms with E-state index < -0.39 is 10.8 Å². The molecule has 132 valence electrons. The summed E-state index contributed by atoms with van der Waals surface area (Å²) in [4.78, 5) is 2.01. The molecule has 0 amide bonds. The second-order valence-electron chi connectivity index (χ2n) is 5.15. The zero-order valence-electron chi connectivity index (χ0n) is 14.0. The lowest BCUT2D eigenvalue weighted by atomic mass is 10.1. The van der Waals surface area contributed by atoms with Gasteiger partial charge in [-0.2, -0.15) is 0 Å². The molecule has 0 radical (unpaired) electrons. The number of para-hydroxylation sites is 2. The first-order valence-electron chi connectivity index (χ1n) is 7.50. The van der Waals surface area contributed by atoms with Crippen molar-refractivity contribution in [1.29, 1.82) is 0 Å². The topological polar surface area (TPSA) is 20.3 Å². The Morgan fingerprint density at radius 3 is 2.40 bits per heavy atom. The van der Waals surface area contributed by atoms with Crippen LogP contribution >= 0.6 is 35.0 Å². The number of hydrogen-bond acceptors (Lipinski definition) is 3. The van der Waals surface area contributed by atoms with E-state index in [4.69, 9.17) is 23.2 Å². The number of benzene rings is 2. The van der Waals surface area contributed by atoms with E-state index in [9.17, 15) is 4.21 Å². The van der Waals surface area contributed by atoms with Gasteiger partial charge in [-0.1, -0.05) is 53.5 Å². The van der Waals surface area contributed by atoms with E-state index in [2.05, 4.69) is 6.58 Å². The predicted octanol–water partition coefficient (Wildman–Crippen LogP) is 6.36. The molecule has 0 spiro atoms. The van der Waals surface area contributed by atoms with Crippen LogP contribution in [0.4, 0.5) is 11.4 Å². The van der Waals surface area contributed by atoms with Crippen molar-refractivity contribution in [3.63, 3.8) is 0 Å². The molecule has 0 saturated heterocycles. The smallest absolute Gasteiger partial charge is 0.0792 e. The van der Waals surface area contributed by atoms with E-state index in [0.29, 0.717) is 16.6 Å². The molecule has 0 aliphatic heterocycles. The lowest BCUT2D eigenvalue weighted by Crippen LogP contribution is -2.18. The molecule has 0 N–H and O–H groups in total. The summed E-state index contributed by atoms with van der Waals surface area (Å²) in [5.41, 5.74) is 2.60. The van der Waals surface area contributed by atoms with Crippen molar-refractivity contribution in [2.45, 2.75) is 0 Å². The zero-order valence-corrected chi connectivity index (χ0v) is 17.2. The minimum absolute atomic E-state index is 0.540. The molecule has 2 aromatic carbocycles. The van der Waals surface area contributed by atoms with Gasteiger partial charge in [-0.15, -0.1) is 18.3 Å². The van der Waals surface area contributed by atoms with E-state index in [1.165, 1.54) is 11.8 Å². The highest BCUT2D eigenvalue weighted by Gasteiger charge is 2.17. The Balaban J connectivity index is 2.65. The predicted molar refractivity (Wildman–Crippen MR) is 116 cm³/mol. The monoisotopic (exact) mass is 411 g/mol. The second-order valence-corrected chi connectivity index (χ2v) is 8.42. The standard InChI is InChI=1S/C19H19Cl2NOS2/c1-4-12-22(19-15(20)9-7-10-16(19)21)17-11-6-5-8-14(17)13-18(24-2)25(3)23/h4-11,13H,1,12H2,2-3H3/b18-13+. The molecule has 0 aliphatic rings. The lowest BCUT2D eigenvalue weighted by Gasteiger charge is -2.27. The Labute approximate surface area is 166 Å². The number of thioether (sulfide) groups is 1. The van der Waals surface area contributed by atoms with E-state index in [1.54, 1.807) is 12.3 Å². The van der Waals surface area contributed by atoms with Crippen LogP contribution in [0.5, 0.6) is 0 Å². The molecular formula is C19H19Cl2NOS2. The van der Waals surface area contributed by atoms with Gasteiger partial charge >= 0.3 is 0 Å². The largest absolute Gasteiger partial charge is 0.335 e. The fourth-order valence-corrected chi connectivity index (χ4v) is 4.51.